The van der Waals surface area contributed by atoms with Gasteiger partial charge in [-0.3, -0.25) is 20.2 Å². The van der Waals surface area contributed by atoms with Crippen molar-refractivity contribution in [2.24, 2.45) is 0 Å². The summed E-state index contributed by atoms with van der Waals surface area (Å²) in [4.78, 5) is 33.1. The standard InChI is InChI=1S/C10H19N3O4/c1-4-5-11-9(17)13-7(14)6-12-10(2,3)8(15)16/h12H,4-6H2,1-3H3,(H,15,16)(H2,11,13,14,17). The minimum Gasteiger partial charge on any atom is -0.480 e. The molecule has 7 heteroatoms. The van der Waals surface area contributed by atoms with Crippen molar-refractivity contribution >= 4 is 17.9 Å². The number of urea groups is 1. The van der Waals surface area contributed by atoms with Crippen LogP contribution in [0, 0.1) is 0 Å². The Hall–Kier alpha value is -1.63. The molecule has 98 valence electrons. The number of rotatable bonds is 6. The maximum atomic E-state index is 11.3. The minimum absolute atomic E-state index is 0.237. The van der Waals surface area contributed by atoms with Crippen LogP contribution in [-0.2, 0) is 9.59 Å². The number of nitrogens with one attached hydrogen (secondary N) is 3. The highest BCUT2D eigenvalue weighted by Crippen LogP contribution is 2.00. The Labute approximate surface area is 100.0 Å². The molecule has 0 unspecified atom stereocenters. The van der Waals surface area contributed by atoms with Crippen LogP contribution in [0.5, 0.6) is 0 Å². The summed E-state index contributed by atoms with van der Waals surface area (Å²) >= 11 is 0. The van der Waals surface area contributed by atoms with Gasteiger partial charge in [0.05, 0.1) is 6.54 Å². The van der Waals surface area contributed by atoms with E-state index in [4.69, 9.17) is 5.11 Å². The lowest BCUT2D eigenvalue weighted by Crippen LogP contribution is -2.52. The molecular formula is C10H19N3O4. The van der Waals surface area contributed by atoms with Gasteiger partial charge in [-0.15, -0.1) is 0 Å². The number of hydrogen-bond acceptors (Lipinski definition) is 4. The molecule has 0 bridgehead atoms. The largest absolute Gasteiger partial charge is 0.480 e. The first kappa shape index (κ1) is 15.4. The predicted octanol–water partition coefficient (Wildman–Crippen LogP) is -0.325. The summed E-state index contributed by atoms with van der Waals surface area (Å²) in [6, 6.07) is -0.577. The SMILES string of the molecule is CCCNC(=O)NC(=O)CNC(C)(C)C(=O)O. The normalized spacial score (nSPS) is 10.8. The summed E-state index contributed by atoms with van der Waals surface area (Å²) in [5, 5.41) is 15.9. The number of carbonyl (C=O) groups is 3. The quantitative estimate of drug-likeness (QED) is 0.513. The van der Waals surface area contributed by atoms with Crippen molar-refractivity contribution < 1.29 is 19.5 Å². The van der Waals surface area contributed by atoms with Crippen molar-refractivity contribution in [3.05, 3.63) is 0 Å². The van der Waals surface area contributed by atoms with E-state index in [1.165, 1.54) is 13.8 Å². The highest BCUT2D eigenvalue weighted by Gasteiger charge is 2.27. The molecule has 0 aliphatic heterocycles. The van der Waals surface area contributed by atoms with Crippen LogP contribution in [0.3, 0.4) is 0 Å². The third kappa shape index (κ3) is 6.52. The number of hydrogen-bond donors (Lipinski definition) is 4. The van der Waals surface area contributed by atoms with Gasteiger partial charge in [-0.1, -0.05) is 6.92 Å². The first-order chi connectivity index (χ1) is 7.79. The highest BCUT2D eigenvalue weighted by molar-refractivity contribution is 5.95. The second-order valence-electron chi connectivity index (χ2n) is 4.09. The van der Waals surface area contributed by atoms with Crippen LogP contribution in [0.15, 0.2) is 0 Å². The first-order valence-corrected chi connectivity index (χ1v) is 5.35. The fraction of sp³-hybridized carbons (Fsp3) is 0.700. The molecule has 0 saturated carbocycles. The van der Waals surface area contributed by atoms with Gasteiger partial charge >= 0.3 is 12.0 Å². The molecular weight excluding hydrogens is 226 g/mol. The van der Waals surface area contributed by atoms with E-state index in [9.17, 15) is 14.4 Å². The summed E-state index contributed by atoms with van der Waals surface area (Å²) < 4.78 is 0. The number of carboxylic acids is 1. The summed E-state index contributed by atoms with van der Waals surface area (Å²) in [7, 11) is 0. The molecule has 0 aromatic rings. The monoisotopic (exact) mass is 245 g/mol. The summed E-state index contributed by atoms with van der Waals surface area (Å²) in [5.41, 5.74) is -1.21. The fourth-order valence-corrected chi connectivity index (χ4v) is 0.830. The van der Waals surface area contributed by atoms with Gasteiger partial charge in [0.2, 0.25) is 5.91 Å². The number of aliphatic carboxylic acids is 1. The number of amides is 3. The molecule has 0 spiro atoms. The molecule has 0 heterocycles. The summed E-state index contributed by atoms with van der Waals surface area (Å²) in [6.45, 7) is 4.99. The molecule has 4 N–H and O–H groups in total. The first-order valence-electron chi connectivity index (χ1n) is 5.35. The topological polar surface area (TPSA) is 108 Å². The number of imide groups is 1. The minimum atomic E-state index is -1.21. The van der Waals surface area contributed by atoms with E-state index in [0.717, 1.165) is 6.42 Å². The second kappa shape index (κ2) is 6.85. The van der Waals surface area contributed by atoms with Crippen LogP contribution in [0.25, 0.3) is 0 Å². The van der Waals surface area contributed by atoms with Crippen molar-refractivity contribution in [1.82, 2.24) is 16.0 Å². The van der Waals surface area contributed by atoms with Gasteiger partial charge in [0.25, 0.3) is 0 Å². The van der Waals surface area contributed by atoms with Crippen LogP contribution >= 0.6 is 0 Å². The molecule has 3 amide bonds. The lowest BCUT2D eigenvalue weighted by Gasteiger charge is -2.20. The average molecular weight is 245 g/mol. The Morgan fingerprint density at radius 3 is 2.29 bits per heavy atom. The Balaban J connectivity index is 3.95. The Kier molecular flexibility index (Phi) is 6.19. The van der Waals surface area contributed by atoms with Crippen LogP contribution in [0.2, 0.25) is 0 Å². The maximum absolute atomic E-state index is 11.3. The van der Waals surface area contributed by atoms with Crippen molar-refractivity contribution in [3.63, 3.8) is 0 Å². The third-order valence-electron chi connectivity index (χ3n) is 2.01. The summed E-state index contributed by atoms with van der Waals surface area (Å²) in [6.07, 6.45) is 0.770. The smallest absolute Gasteiger partial charge is 0.323 e. The number of carbonyl (C=O) groups excluding carboxylic acids is 2. The van der Waals surface area contributed by atoms with Crippen LogP contribution in [0.4, 0.5) is 4.79 Å². The van der Waals surface area contributed by atoms with E-state index in [-0.39, 0.29) is 6.54 Å². The lowest BCUT2D eigenvalue weighted by molar-refractivity contribution is -0.143. The van der Waals surface area contributed by atoms with Gasteiger partial charge in [0.15, 0.2) is 0 Å². The molecule has 0 fully saturated rings. The predicted molar refractivity (Wildman–Crippen MR) is 61.5 cm³/mol. The fourth-order valence-electron chi connectivity index (χ4n) is 0.830. The zero-order valence-corrected chi connectivity index (χ0v) is 10.3. The Morgan fingerprint density at radius 2 is 1.82 bits per heavy atom. The average Bonchev–Trinajstić information content (AvgIpc) is 2.23. The van der Waals surface area contributed by atoms with Gasteiger partial charge in [0.1, 0.15) is 5.54 Å². The van der Waals surface area contributed by atoms with Crippen molar-refractivity contribution in [3.8, 4) is 0 Å². The van der Waals surface area contributed by atoms with Gasteiger partial charge in [-0.25, -0.2) is 4.79 Å². The molecule has 7 nitrogen and oxygen atoms in total. The Morgan fingerprint density at radius 1 is 1.24 bits per heavy atom. The zero-order chi connectivity index (χ0) is 13.5. The van der Waals surface area contributed by atoms with E-state index in [1.807, 2.05) is 6.92 Å². The van der Waals surface area contributed by atoms with E-state index in [1.54, 1.807) is 0 Å². The summed E-state index contributed by atoms with van der Waals surface area (Å²) in [5.74, 6) is -1.64. The molecule has 0 rings (SSSR count). The molecule has 0 aliphatic carbocycles. The van der Waals surface area contributed by atoms with Crippen LogP contribution < -0.4 is 16.0 Å². The van der Waals surface area contributed by atoms with E-state index < -0.39 is 23.4 Å². The van der Waals surface area contributed by atoms with Gasteiger partial charge < -0.3 is 10.4 Å². The van der Waals surface area contributed by atoms with Crippen molar-refractivity contribution in [1.29, 1.82) is 0 Å². The molecule has 0 aromatic carbocycles. The van der Waals surface area contributed by atoms with Crippen molar-refractivity contribution in [2.75, 3.05) is 13.1 Å². The molecule has 0 saturated heterocycles. The van der Waals surface area contributed by atoms with E-state index >= 15 is 0 Å². The van der Waals surface area contributed by atoms with Crippen LogP contribution in [0.1, 0.15) is 27.2 Å². The highest BCUT2D eigenvalue weighted by atomic mass is 16.4. The van der Waals surface area contributed by atoms with Gasteiger partial charge in [0, 0.05) is 6.54 Å². The maximum Gasteiger partial charge on any atom is 0.323 e. The lowest BCUT2D eigenvalue weighted by atomic mass is 10.1. The van der Waals surface area contributed by atoms with Crippen LogP contribution in [-0.4, -0.2) is 41.6 Å². The molecule has 0 aromatic heterocycles. The molecule has 0 atom stereocenters. The molecule has 17 heavy (non-hydrogen) atoms. The van der Waals surface area contributed by atoms with Crippen molar-refractivity contribution in [2.45, 2.75) is 32.7 Å². The van der Waals surface area contributed by atoms with Gasteiger partial charge in [-0.2, -0.15) is 0 Å². The zero-order valence-electron chi connectivity index (χ0n) is 10.3. The van der Waals surface area contributed by atoms with E-state index in [0.29, 0.717) is 6.54 Å². The third-order valence-corrected chi connectivity index (χ3v) is 2.01. The second-order valence-corrected chi connectivity index (χ2v) is 4.09. The Bertz CT molecular complexity index is 302. The van der Waals surface area contributed by atoms with Gasteiger partial charge in [-0.05, 0) is 20.3 Å². The molecule has 0 radical (unpaired) electrons. The molecule has 0 aliphatic rings. The number of carboxylic acid groups (broad SMARTS) is 1. The van der Waals surface area contributed by atoms with E-state index in [2.05, 4.69) is 16.0 Å².